The Bertz CT molecular complexity index is 288. The normalized spacial score (nSPS) is 13.3. The first-order valence-corrected chi connectivity index (χ1v) is 4.35. The molecule has 0 amide bonds. The van der Waals surface area contributed by atoms with Gasteiger partial charge in [-0.05, 0) is 30.2 Å². The Balaban J connectivity index is 0.000000845. The van der Waals surface area contributed by atoms with Gasteiger partial charge in [-0.25, -0.2) is 0 Å². The molecule has 1 heterocycles. The summed E-state index contributed by atoms with van der Waals surface area (Å²) in [4.78, 5) is 0. The average molecular weight is 200 g/mol. The maximum absolute atomic E-state index is 5.40. The average Bonchev–Trinajstić information content (AvgIpc) is 2.51. The van der Waals surface area contributed by atoms with Gasteiger partial charge in [0, 0.05) is 13.1 Å². The summed E-state index contributed by atoms with van der Waals surface area (Å²) >= 11 is 0. The highest BCUT2D eigenvalue weighted by Crippen LogP contribution is 2.21. The number of rotatable bonds is 2. The predicted molar refractivity (Wildman–Crippen MR) is 55.4 cm³/mol. The summed E-state index contributed by atoms with van der Waals surface area (Å²) in [5.41, 5.74) is 2.78. The van der Waals surface area contributed by atoms with Crippen LogP contribution in [0.4, 0.5) is 0 Å². The molecule has 0 aromatic heterocycles. The van der Waals surface area contributed by atoms with Crippen molar-refractivity contribution in [2.24, 2.45) is 0 Å². The summed E-state index contributed by atoms with van der Waals surface area (Å²) in [5.74, 6) is 0.986. The van der Waals surface area contributed by atoms with Gasteiger partial charge in [-0.1, -0.05) is 6.07 Å². The van der Waals surface area contributed by atoms with Crippen LogP contribution in [-0.4, -0.2) is 6.61 Å². The fraction of sp³-hybridized carbons (Fsp3) is 0.400. The molecule has 0 fully saturated rings. The molecule has 1 aliphatic heterocycles. The number of fused-ring (bicyclic) bond motifs is 1. The van der Waals surface area contributed by atoms with Crippen molar-refractivity contribution in [3.05, 3.63) is 29.3 Å². The highest BCUT2D eigenvalue weighted by molar-refractivity contribution is 5.85. The molecule has 0 saturated heterocycles. The molecular weight excluding hydrogens is 186 g/mol. The Hall–Kier alpha value is -0.730. The van der Waals surface area contributed by atoms with Gasteiger partial charge in [-0.2, -0.15) is 0 Å². The summed E-state index contributed by atoms with van der Waals surface area (Å²) in [5, 5.41) is 3.30. The first-order valence-electron chi connectivity index (χ1n) is 4.35. The molecular formula is C10H14ClNO. The quantitative estimate of drug-likeness (QED) is 0.788. The lowest BCUT2D eigenvalue weighted by molar-refractivity contribution is 0.340. The number of benzene rings is 1. The van der Waals surface area contributed by atoms with Gasteiger partial charge in [-0.3, -0.25) is 0 Å². The summed E-state index contributed by atoms with van der Waals surface area (Å²) in [6.07, 6.45) is 0. The van der Waals surface area contributed by atoms with Gasteiger partial charge in [0.1, 0.15) is 5.75 Å². The van der Waals surface area contributed by atoms with Gasteiger partial charge < -0.3 is 10.1 Å². The molecule has 1 N–H and O–H groups in total. The molecule has 0 unspecified atom stereocenters. The van der Waals surface area contributed by atoms with Crippen molar-refractivity contribution in [1.29, 1.82) is 0 Å². The summed E-state index contributed by atoms with van der Waals surface area (Å²) < 4.78 is 5.40. The van der Waals surface area contributed by atoms with Gasteiger partial charge in [0.15, 0.2) is 0 Å². The molecule has 2 rings (SSSR count). The third kappa shape index (κ3) is 2.14. The lowest BCUT2D eigenvalue weighted by atomic mass is 10.1. The topological polar surface area (TPSA) is 21.3 Å². The van der Waals surface area contributed by atoms with Crippen LogP contribution < -0.4 is 10.1 Å². The van der Waals surface area contributed by atoms with Gasteiger partial charge in [-0.15, -0.1) is 12.4 Å². The zero-order chi connectivity index (χ0) is 8.39. The van der Waals surface area contributed by atoms with Gasteiger partial charge in [0.05, 0.1) is 6.61 Å². The smallest absolute Gasteiger partial charge is 0.119 e. The summed E-state index contributed by atoms with van der Waals surface area (Å²) in [7, 11) is 0. The molecule has 2 nitrogen and oxygen atoms in total. The van der Waals surface area contributed by atoms with Crippen molar-refractivity contribution in [3.8, 4) is 5.75 Å². The first-order chi connectivity index (χ1) is 5.90. The zero-order valence-corrected chi connectivity index (χ0v) is 8.49. The molecule has 0 aliphatic carbocycles. The van der Waals surface area contributed by atoms with E-state index in [4.69, 9.17) is 4.74 Å². The van der Waals surface area contributed by atoms with Crippen molar-refractivity contribution >= 4 is 12.4 Å². The second kappa shape index (κ2) is 4.49. The van der Waals surface area contributed by atoms with Crippen molar-refractivity contribution in [2.45, 2.75) is 20.0 Å². The standard InChI is InChI=1S/C10H13NO.ClH/c1-2-12-10-4-3-8-6-11-7-9(8)5-10;/h3-5,11H,2,6-7H2,1H3;1H. The Labute approximate surface area is 84.7 Å². The molecule has 0 bridgehead atoms. The SMILES string of the molecule is CCOc1ccc2c(c1)CNC2.Cl. The number of nitrogens with one attached hydrogen (secondary N) is 1. The first kappa shape index (κ1) is 10.4. The second-order valence-electron chi connectivity index (χ2n) is 2.97. The molecule has 1 aromatic carbocycles. The fourth-order valence-electron chi connectivity index (χ4n) is 1.53. The Kier molecular flexibility index (Phi) is 3.58. The van der Waals surface area contributed by atoms with Crippen LogP contribution in [0.25, 0.3) is 0 Å². The number of ether oxygens (including phenoxy) is 1. The molecule has 72 valence electrons. The van der Waals surface area contributed by atoms with Crippen molar-refractivity contribution in [2.75, 3.05) is 6.61 Å². The minimum Gasteiger partial charge on any atom is -0.494 e. The molecule has 0 radical (unpaired) electrons. The second-order valence-corrected chi connectivity index (χ2v) is 2.97. The van der Waals surface area contributed by atoms with E-state index >= 15 is 0 Å². The molecule has 1 aliphatic rings. The molecule has 0 saturated carbocycles. The van der Waals surface area contributed by atoms with E-state index < -0.39 is 0 Å². The van der Waals surface area contributed by atoms with Crippen LogP contribution in [0.15, 0.2) is 18.2 Å². The zero-order valence-electron chi connectivity index (χ0n) is 7.67. The van der Waals surface area contributed by atoms with Gasteiger partial charge >= 0.3 is 0 Å². The van der Waals surface area contributed by atoms with E-state index in [1.165, 1.54) is 11.1 Å². The summed E-state index contributed by atoms with van der Waals surface area (Å²) in [6.45, 7) is 4.73. The lowest BCUT2D eigenvalue weighted by Crippen LogP contribution is -1.99. The molecule has 0 spiro atoms. The predicted octanol–water partition coefficient (Wildman–Crippen LogP) is 2.11. The monoisotopic (exact) mass is 199 g/mol. The maximum Gasteiger partial charge on any atom is 0.119 e. The van der Waals surface area contributed by atoms with E-state index in [2.05, 4.69) is 17.4 Å². The largest absolute Gasteiger partial charge is 0.494 e. The van der Waals surface area contributed by atoms with Gasteiger partial charge in [0.2, 0.25) is 0 Å². The highest BCUT2D eigenvalue weighted by atomic mass is 35.5. The van der Waals surface area contributed by atoms with Crippen LogP contribution in [0.5, 0.6) is 5.75 Å². The van der Waals surface area contributed by atoms with Crippen LogP contribution in [0.1, 0.15) is 18.1 Å². The van der Waals surface area contributed by atoms with Crippen LogP contribution >= 0.6 is 12.4 Å². The number of hydrogen-bond acceptors (Lipinski definition) is 2. The Morgan fingerprint density at radius 2 is 2.08 bits per heavy atom. The maximum atomic E-state index is 5.40. The number of halogens is 1. The van der Waals surface area contributed by atoms with Gasteiger partial charge in [0.25, 0.3) is 0 Å². The van der Waals surface area contributed by atoms with Crippen molar-refractivity contribution < 1.29 is 4.74 Å². The number of hydrogen-bond donors (Lipinski definition) is 1. The van der Waals surface area contributed by atoms with E-state index in [9.17, 15) is 0 Å². The highest BCUT2D eigenvalue weighted by Gasteiger charge is 2.09. The van der Waals surface area contributed by atoms with Crippen molar-refractivity contribution in [1.82, 2.24) is 5.32 Å². The van der Waals surface area contributed by atoms with E-state index in [1.807, 2.05) is 13.0 Å². The van der Waals surface area contributed by atoms with Crippen LogP contribution in [0.3, 0.4) is 0 Å². The third-order valence-electron chi connectivity index (χ3n) is 2.12. The van der Waals surface area contributed by atoms with E-state index in [1.54, 1.807) is 0 Å². The summed E-state index contributed by atoms with van der Waals surface area (Å²) in [6, 6.07) is 6.30. The molecule has 1 aromatic rings. The van der Waals surface area contributed by atoms with E-state index in [0.717, 1.165) is 25.4 Å². The Morgan fingerprint density at radius 1 is 1.31 bits per heavy atom. The van der Waals surface area contributed by atoms with Crippen LogP contribution in [-0.2, 0) is 13.1 Å². The molecule has 3 heteroatoms. The van der Waals surface area contributed by atoms with Crippen molar-refractivity contribution in [3.63, 3.8) is 0 Å². The minimum atomic E-state index is 0. The van der Waals surface area contributed by atoms with E-state index in [-0.39, 0.29) is 12.4 Å². The third-order valence-corrected chi connectivity index (χ3v) is 2.12. The van der Waals surface area contributed by atoms with Crippen LogP contribution in [0.2, 0.25) is 0 Å². The van der Waals surface area contributed by atoms with Crippen LogP contribution in [0, 0.1) is 0 Å². The Morgan fingerprint density at radius 3 is 2.85 bits per heavy atom. The molecule has 13 heavy (non-hydrogen) atoms. The molecule has 0 atom stereocenters. The minimum absolute atomic E-state index is 0. The fourth-order valence-corrected chi connectivity index (χ4v) is 1.53. The van der Waals surface area contributed by atoms with E-state index in [0.29, 0.717) is 0 Å². The lowest BCUT2D eigenvalue weighted by Gasteiger charge is -2.04.